The highest BCUT2D eigenvalue weighted by molar-refractivity contribution is 5.92. The van der Waals surface area contributed by atoms with Gasteiger partial charge in [-0.3, -0.25) is 14.4 Å². The molecule has 0 aliphatic carbocycles. The summed E-state index contributed by atoms with van der Waals surface area (Å²) in [7, 11) is 0. The predicted molar refractivity (Wildman–Crippen MR) is 64.6 cm³/mol. The van der Waals surface area contributed by atoms with Gasteiger partial charge in [0.05, 0.1) is 18.8 Å². The monoisotopic (exact) mass is 290 g/mol. The molecular formula is C12H18O8. The van der Waals surface area contributed by atoms with Crippen LogP contribution in [-0.4, -0.2) is 44.8 Å². The first-order valence-electron chi connectivity index (χ1n) is 6.08. The Morgan fingerprint density at radius 1 is 1.05 bits per heavy atom. The first-order valence-corrected chi connectivity index (χ1v) is 6.08. The molecular weight excluding hydrogens is 272 g/mol. The molecule has 0 saturated carbocycles. The molecule has 0 fully saturated rings. The summed E-state index contributed by atoms with van der Waals surface area (Å²) in [5.74, 6) is -6.05. The van der Waals surface area contributed by atoms with E-state index in [0.717, 1.165) is 0 Å². The van der Waals surface area contributed by atoms with E-state index in [1.54, 1.807) is 13.8 Å². The van der Waals surface area contributed by atoms with Crippen LogP contribution < -0.4 is 0 Å². The summed E-state index contributed by atoms with van der Waals surface area (Å²) in [6.45, 7) is 3.44. The van der Waals surface area contributed by atoms with Gasteiger partial charge in [0.15, 0.2) is 5.60 Å². The molecule has 0 aromatic rings. The van der Waals surface area contributed by atoms with Crippen LogP contribution in [0.4, 0.5) is 0 Å². The Kier molecular flexibility index (Phi) is 6.84. The highest BCUT2D eigenvalue weighted by atomic mass is 16.6. The fourth-order valence-corrected chi connectivity index (χ4v) is 1.56. The second kappa shape index (κ2) is 7.59. The molecule has 8 heteroatoms. The fraction of sp³-hybridized carbons (Fsp3) is 0.667. The average molecular weight is 290 g/mol. The molecule has 0 aromatic carbocycles. The van der Waals surface area contributed by atoms with Gasteiger partial charge < -0.3 is 20.1 Å². The standard InChI is InChI=1S/C12H18O8/c1-3-7(4-2)10(16)20-9(15)6-12(19,11(17)18)5-8(13)14/h7,19H,3-6H2,1-2H3,(H,13,14)(H,17,18). The number of carbonyl (C=O) groups excluding carboxylic acids is 2. The van der Waals surface area contributed by atoms with Crippen LogP contribution in [0.15, 0.2) is 0 Å². The normalized spacial score (nSPS) is 13.6. The first-order chi connectivity index (χ1) is 9.16. The number of ether oxygens (including phenoxy) is 1. The number of aliphatic carboxylic acids is 2. The van der Waals surface area contributed by atoms with E-state index in [1.165, 1.54) is 0 Å². The number of esters is 2. The topological polar surface area (TPSA) is 138 Å². The fourth-order valence-electron chi connectivity index (χ4n) is 1.56. The maximum atomic E-state index is 11.5. The molecule has 0 aliphatic heterocycles. The molecule has 0 spiro atoms. The Morgan fingerprint density at radius 3 is 1.90 bits per heavy atom. The lowest BCUT2D eigenvalue weighted by atomic mass is 9.96. The van der Waals surface area contributed by atoms with Crippen LogP contribution in [0.3, 0.4) is 0 Å². The molecule has 0 saturated heterocycles. The number of aliphatic hydroxyl groups is 1. The second-order valence-corrected chi connectivity index (χ2v) is 4.39. The van der Waals surface area contributed by atoms with Crippen molar-refractivity contribution in [1.82, 2.24) is 0 Å². The SMILES string of the molecule is CCC(CC)C(=O)OC(=O)CC(O)(CC(=O)O)C(=O)O. The molecule has 0 amide bonds. The number of carboxylic acids is 2. The van der Waals surface area contributed by atoms with Crippen molar-refractivity contribution in [3.05, 3.63) is 0 Å². The van der Waals surface area contributed by atoms with Crippen LogP contribution in [0.25, 0.3) is 0 Å². The van der Waals surface area contributed by atoms with Crippen LogP contribution in [0.1, 0.15) is 39.5 Å². The molecule has 0 aliphatic rings. The summed E-state index contributed by atoms with van der Waals surface area (Å²) < 4.78 is 4.43. The van der Waals surface area contributed by atoms with Gasteiger partial charge in [0.25, 0.3) is 0 Å². The summed E-state index contributed by atoms with van der Waals surface area (Å²) in [5, 5.41) is 26.9. The molecule has 0 aromatic heterocycles. The van der Waals surface area contributed by atoms with E-state index in [1.807, 2.05) is 0 Å². The van der Waals surface area contributed by atoms with E-state index in [4.69, 9.17) is 10.2 Å². The van der Waals surface area contributed by atoms with Crippen molar-refractivity contribution < 1.29 is 39.2 Å². The van der Waals surface area contributed by atoms with Crippen molar-refractivity contribution in [2.75, 3.05) is 0 Å². The zero-order valence-electron chi connectivity index (χ0n) is 11.3. The lowest BCUT2D eigenvalue weighted by Crippen LogP contribution is -2.43. The molecule has 0 rings (SSSR count). The molecule has 0 bridgehead atoms. The summed E-state index contributed by atoms with van der Waals surface area (Å²) >= 11 is 0. The zero-order valence-corrected chi connectivity index (χ0v) is 11.3. The van der Waals surface area contributed by atoms with Gasteiger partial charge in [-0.05, 0) is 12.8 Å². The van der Waals surface area contributed by atoms with Gasteiger partial charge in [0.2, 0.25) is 0 Å². The lowest BCUT2D eigenvalue weighted by molar-refractivity contribution is -0.175. The van der Waals surface area contributed by atoms with Gasteiger partial charge >= 0.3 is 23.9 Å². The van der Waals surface area contributed by atoms with Crippen molar-refractivity contribution in [2.24, 2.45) is 5.92 Å². The van der Waals surface area contributed by atoms with Gasteiger partial charge in [-0.25, -0.2) is 4.79 Å². The van der Waals surface area contributed by atoms with Gasteiger partial charge in [-0.1, -0.05) is 13.8 Å². The van der Waals surface area contributed by atoms with E-state index in [-0.39, 0.29) is 0 Å². The van der Waals surface area contributed by atoms with Crippen molar-refractivity contribution >= 4 is 23.9 Å². The maximum Gasteiger partial charge on any atom is 0.336 e. The number of hydrogen-bond acceptors (Lipinski definition) is 6. The van der Waals surface area contributed by atoms with E-state index in [0.29, 0.717) is 12.8 Å². The lowest BCUT2D eigenvalue weighted by Gasteiger charge is -2.20. The van der Waals surface area contributed by atoms with Gasteiger partial charge in [0, 0.05) is 0 Å². The summed E-state index contributed by atoms with van der Waals surface area (Å²) in [6, 6.07) is 0. The first kappa shape index (κ1) is 18.0. The van der Waals surface area contributed by atoms with Crippen molar-refractivity contribution in [2.45, 2.75) is 45.1 Å². The summed E-state index contributed by atoms with van der Waals surface area (Å²) in [6.07, 6.45) is -1.39. The van der Waals surface area contributed by atoms with Crippen LogP contribution >= 0.6 is 0 Å². The second-order valence-electron chi connectivity index (χ2n) is 4.39. The number of hydrogen-bond donors (Lipinski definition) is 3. The Balaban J connectivity index is 4.75. The Labute approximate surface area is 115 Å². The number of rotatable bonds is 8. The van der Waals surface area contributed by atoms with Crippen molar-refractivity contribution in [3.63, 3.8) is 0 Å². The Morgan fingerprint density at radius 2 is 1.55 bits per heavy atom. The summed E-state index contributed by atoms with van der Waals surface area (Å²) in [4.78, 5) is 44.2. The van der Waals surface area contributed by atoms with Crippen LogP contribution in [0, 0.1) is 5.92 Å². The molecule has 20 heavy (non-hydrogen) atoms. The van der Waals surface area contributed by atoms with Gasteiger partial charge in [-0.15, -0.1) is 0 Å². The molecule has 8 nitrogen and oxygen atoms in total. The third kappa shape index (κ3) is 5.35. The molecule has 3 N–H and O–H groups in total. The van der Waals surface area contributed by atoms with Gasteiger partial charge in [-0.2, -0.15) is 0 Å². The highest BCUT2D eigenvalue weighted by Crippen LogP contribution is 2.18. The Hall–Kier alpha value is -1.96. The average Bonchev–Trinajstić information content (AvgIpc) is 2.28. The predicted octanol–water partition coefficient (Wildman–Crippen LogP) is 0.173. The van der Waals surface area contributed by atoms with E-state index in [9.17, 15) is 24.3 Å². The largest absolute Gasteiger partial charge is 0.481 e. The molecule has 1 unspecified atom stereocenters. The minimum Gasteiger partial charge on any atom is -0.481 e. The smallest absolute Gasteiger partial charge is 0.336 e. The van der Waals surface area contributed by atoms with Crippen LogP contribution in [0.5, 0.6) is 0 Å². The van der Waals surface area contributed by atoms with E-state index < -0.39 is 48.2 Å². The molecule has 0 radical (unpaired) electrons. The van der Waals surface area contributed by atoms with Crippen LogP contribution in [0.2, 0.25) is 0 Å². The van der Waals surface area contributed by atoms with Crippen LogP contribution in [-0.2, 0) is 23.9 Å². The third-order valence-electron chi connectivity index (χ3n) is 2.81. The highest BCUT2D eigenvalue weighted by Gasteiger charge is 2.42. The van der Waals surface area contributed by atoms with E-state index in [2.05, 4.69) is 4.74 Å². The molecule has 1 atom stereocenters. The van der Waals surface area contributed by atoms with Crippen molar-refractivity contribution in [3.8, 4) is 0 Å². The third-order valence-corrected chi connectivity index (χ3v) is 2.81. The van der Waals surface area contributed by atoms with Crippen molar-refractivity contribution in [1.29, 1.82) is 0 Å². The minimum atomic E-state index is -2.79. The molecule has 0 heterocycles. The number of carboxylic acid groups (broad SMARTS) is 2. The van der Waals surface area contributed by atoms with Gasteiger partial charge in [0.1, 0.15) is 0 Å². The maximum absolute atomic E-state index is 11.5. The van der Waals surface area contributed by atoms with E-state index >= 15 is 0 Å². The summed E-state index contributed by atoms with van der Waals surface area (Å²) in [5.41, 5.74) is -2.79. The number of carbonyl (C=O) groups is 4. The minimum absolute atomic E-state index is 0.445. The zero-order chi connectivity index (χ0) is 15.9. The quantitative estimate of drug-likeness (QED) is 0.425. The Bertz CT molecular complexity index is 398. The molecule has 114 valence electrons.